The Morgan fingerprint density at radius 1 is 1.02 bits per heavy atom. The van der Waals surface area contributed by atoms with Crippen LogP contribution in [0.15, 0.2) is 41.3 Å². The maximum Gasteiger partial charge on any atom is 0.243 e. The Balaban J connectivity index is 1.63. The number of halogens is 1. The van der Waals surface area contributed by atoms with Gasteiger partial charge in [-0.3, -0.25) is 4.79 Å². The van der Waals surface area contributed by atoms with Gasteiger partial charge in [0, 0.05) is 48.6 Å². The molecule has 0 N–H and O–H groups in total. The normalized spacial score (nSPS) is 20.8. The minimum atomic E-state index is -3.82. The van der Waals surface area contributed by atoms with E-state index in [4.69, 9.17) is 21.1 Å². The molecule has 0 aromatic heterocycles. The van der Waals surface area contributed by atoms with E-state index in [0.717, 1.165) is 43.5 Å². The summed E-state index contributed by atoms with van der Waals surface area (Å²) in [4.78, 5) is 15.7. The molecular formula is C31H43ClN2O5S. The molecule has 4 rings (SSSR count). The van der Waals surface area contributed by atoms with Crippen LogP contribution in [0.5, 0.6) is 11.5 Å². The van der Waals surface area contributed by atoms with Gasteiger partial charge in [0.05, 0.1) is 18.6 Å². The number of ether oxygens (including phenoxy) is 2. The second kappa shape index (κ2) is 12.3. The van der Waals surface area contributed by atoms with Crippen molar-refractivity contribution in [2.75, 3.05) is 39.9 Å². The van der Waals surface area contributed by atoms with E-state index in [1.807, 2.05) is 44.7 Å². The number of sulfonamides is 1. The molecule has 0 spiro atoms. The van der Waals surface area contributed by atoms with E-state index < -0.39 is 15.4 Å². The Morgan fingerprint density at radius 2 is 1.75 bits per heavy atom. The van der Waals surface area contributed by atoms with E-state index in [1.54, 1.807) is 35.7 Å². The predicted molar refractivity (Wildman–Crippen MR) is 159 cm³/mol. The van der Waals surface area contributed by atoms with Gasteiger partial charge >= 0.3 is 0 Å². The van der Waals surface area contributed by atoms with Crippen LogP contribution in [-0.2, 0) is 20.2 Å². The second-order valence-electron chi connectivity index (χ2n) is 12.4. The fourth-order valence-corrected chi connectivity index (χ4v) is 7.52. The van der Waals surface area contributed by atoms with Crippen molar-refractivity contribution < 1.29 is 22.7 Å². The molecular weight excluding hydrogens is 548 g/mol. The Hall–Kier alpha value is -2.29. The molecule has 2 aromatic carbocycles. The summed E-state index contributed by atoms with van der Waals surface area (Å²) in [6.07, 6.45) is 4.76. The Kier molecular flexibility index (Phi) is 9.42. The van der Waals surface area contributed by atoms with Gasteiger partial charge in [0.25, 0.3) is 0 Å². The standard InChI is InChI=1S/C31H43ClN2O5S/c1-23-18-24(10-12-27(23)32)39-22-31(20-29(35)33-15-7-6-8-16-33)14-9-17-34(21-31)40(36,37)25-11-13-28(38-5)26(19-25)30(2,3)4/h10-13,18-19H,6-9,14-17,20-22H2,1-5H3/t31-/m0/s1. The summed E-state index contributed by atoms with van der Waals surface area (Å²) in [5.41, 5.74) is 0.793. The SMILES string of the molecule is COc1ccc(S(=O)(=O)N2CCC[C@](COc3ccc(Cl)c(C)c3)(CC(=O)N3CCCCC3)C2)cc1C(C)(C)C. The Morgan fingerprint density at radius 3 is 2.40 bits per heavy atom. The summed E-state index contributed by atoms with van der Waals surface area (Å²) in [6.45, 7) is 10.4. The first-order valence-corrected chi connectivity index (χ1v) is 16.0. The van der Waals surface area contributed by atoms with Crippen molar-refractivity contribution in [2.24, 2.45) is 5.41 Å². The van der Waals surface area contributed by atoms with E-state index in [0.29, 0.717) is 35.9 Å². The fraction of sp³-hybridized carbons (Fsp3) is 0.581. The van der Waals surface area contributed by atoms with Crippen LogP contribution >= 0.6 is 11.6 Å². The van der Waals surface area contributed by atoms with Crippen molar-refractivity contribution in [3.8, 4) is 11.5 Å². The number of piperidine rings is 2. The van der Waals surface area contributed by atoms with Crippen LogP contribution < -0.4 is 9.47 Å². The lowest BCUT2D eigenvalue weighted by Crippen LogP contribution is -2.51. The lowest BCUT2D eigenvalue weighted by Gasteiger charge is -2.42. The zero-order valence-electron chi connectivity index (χ0n) is 24.5. The molecule has 0 unspecified atom stereocenters. The molecule has 2 saturated heterocycles. The van der Waals surface area contributed by atoms with E-state index in [-0.39, 0.29) is 35.8 Å². The number of aryl methyl sites for hydroxylation is 1. The van der Waals surface area contributed by atoms with Crippen molar-refractivity contribution in [1.29, 1.82) is 0 Å². The average molecular weight is 591 g/mol. The molecule has 0 radical (unpaired) electrons. The highest BCUT2D eigenvalue weighted by Crippen LogP contribution is 2.39. The van der Waals surface area contributed by atoms with E-state index in [9.17, 15) is 13.2 Å². The highest BCUT2D eigenvalue weighted by atomic mass is 35.5. The van der Waals surface area contributed by atoms with Gasteiger partial charge in [0.2, 0.25) is 15.9 Å². The van der Waals surface area contributed by atoms with Crippen LogP contribution in [0.25, 0.3) is 0 Å². The maximum absolute atomic E-state index is 14.0. The number of carbonyl (C=O) groups excluding carboxylic acids is 1. The average Bonchev–Trinajstić information content (AvgIpc) is 2.93. The van der Waals surface area contributed by atoms with Crippen molar-refractivity contribution in [3.05, 3.63) is 52.5 Å². The van der Waals surface area contributed by atoms with Crippen molar-refractivity contribution in [3.63, 3.8) is 0 Å². The van der Waals surface area contributed by atoms with Crippen LogP contribution in [0.1, 0.15) is 70.4 Å². The van der Waals surface area contributed by atoms with Crippen LogP contribution in [0.4, 0.5) is 0 Å². The maximum atomic E-state index is 14.0. The van der Waals surface area contributed by atoms with Gasteiger partial charge in [-0.15, -0.1) is 0 Å². The number of benzene rings is 2. The van der Waals surface area contributed by atoms with E-state index in [2.05, 4.69) is 0 Å². The molecule has 2 heterocycles. The number of hydrogen-bond acceptors (Lipinski definition) is 5. The van der Waals surface area contributed by atoms with Crippen molar-refractivity contribution >= 4 is 27.5 Å². The number of hydrogen-bond donors (Lipinski definition) is 0. The highest BCUT2D eigenvalue weighted by Gasteiger charge is 2.43. The molecule has 0 saturated carbocycles. The third kappa shape index (κ3) is 6.94. The topological polar surface area (TPSA) is 76.1 Å². The van der Waals surface area contributed by atoms with Crippen LogP contribution in [0.3, 0.4) is 0 Å². The molecule has 9 heteroatoms. The quantitative estimate of drug-likeness (QED) is 0.365. The molecule has 7 nitrogen and oxygen atoms in total. The zero-order valence-corrected chi connectivity index (χ0v) is 26.0. The summed E-state index contributed by atoms with van der Waals surface area (Å²) >= 11 is 6.21. The lowest BCUT2D eigenvalue weighted by molar-refractivity contribution is -0.136. The van der Waals surface area contributed by atoms with Crippen LogP contribution in [0.2, 0.25) is 5.02 Å². The fourth-order valence-electron chi connectivity index (χ4n) is 5.78. The summed E-state index contributed by atoms with van der Waals surface area (Å²) in [5, 5.41) is 0.659. The molecule has 2 aromatic rings. The zero-order chi connectivity index (χ0) is 29.1. The smallest absolute Gasteiger partial charge is 0.243 e. The van der Waals surface area contributed by atoms with Crippen LogP contribution in [0, 0.1) is 12.3 Å². The highest BCUT2D eigenvalue weighted by molar-refractivity contribution is 7.89. The molecule has 220 valence electrons. The minimum Gasteiger partial charge on any atom is -0.496 e. The monoisotopic (exact) mass is 590 g/mol. The van der Waals surface area contributed by atoms with Gasteiger partial charge in [-0.25, -0.2) is 8.42 Å². The van der Waals surface area contributed by atoms with Gasteiger partial charge in [0.1, 0.15) is 11.5 Å². The predicted octanol–water partition coefficient (Wildman–Crippen LogP) is 6.21. The summed E-state index contributed by atoms with van der Waals surface area (Å²) in [5.74, 6) is 1.41. The second-order valence-corrected chi connectivity index (χ2v) is 14.7. The molecule has 0 aliphatic carbocycles. The molecule has 1 atom stereocenters. The molecule has 0 bridgehead atoms. The van der Waals surface area contributed by atoms with Gasteiger partial charge < -0.3 is 14.4 Å². The number of carbonyl (C=O) groups is 1. The minimum absolute atomic E-state index is 0.0781. The summed E-state index contributed by atoms with van der Waals surface area (Å²) < 4.78 is 41.4. The third-order valence-corrected chi connectivity index (χ3v) is 10.4. The van der Waals surface area contributed by atoms with E-state index in [1.165, 1.54) is 0 Å². The Bertz CT molecular complexity index is 1320. The third-order valence-electron chi connectivity index (χ3n) is 8.15. The van der Waals surface area contributed by atoms with Gasteiger partial charge in [-0.1, -0.05) is 32.4 Å². The Labute approximate surface area is 244 Å². The van der Waals surface area contributed by atoms with Gasteiger partial charge in [-0.05, 0) is 86.4 Å². The first-order valence-electron chi connectivity index (χ1n) is 14.2. The van der Waals surface area contributed by atoms with Gasteiger partial charge in [-0.2, -0.15) is 4.31 Å². The number of amides is 1. The number of nitrogens with zero attached hydrogens (tertiary/aromatic N) is 2. The van der Waals surface area contributed by atoms with E-state index >= 15 is 0 Å². The first kappa shape index (κ1) is 30.7. The van der Waals surface area contributed by atoms with Crippen molar-refractivity contribution in [1.82, 2.24) is 9.21 Å². The lowest BCUT2D eigenvalue weighted by atomic mass is 9.78. The summed E-state index contributed by atoms with van der Waals surface area (Å²) in [7, 11) is -2.22. The molecule has 1 amide bonds. The van der Waals surface area contributed by atoms with Crippen molar-refractivity contribution in [2.45, 2.75) is 76.5 Å². The summed E-state index contributed by atoms with van der Waals surface area (Å²) in [6, 6.07) is 10.6. The molecule has 40 heavy (non-hydrogen) atoms. The van der Waals surface area contributed by atoms with Crippen LogP contribution in [-0.4, -0.2) is 63.4 Å². The number of methoxy groups -OCH3 is 1. The molecule has 2 aliphatic heterocycles. The molecule has 2 fully saturated rings. The van der Waals surface area contributed by atoms with Gasteiger partial charge in [0.15, 0.2) is 0 Å². The number of likely N-dealkylation sites (tertiary alicyclic amines) is 1. The first-order chi connectivity index (χ1) is 18.8. The number of rotatable bonds is 8. The largest absolute Gasteiger partial charge is 0.496 e. The molecule has 2 aliphatic rings.